The second-order valence-electron chi connectivity index (χ2n) is 7.60. The van der Waals surface area contributed by atoms with Gasteiger partial charge in [-0.1, -0.05) is 20.4 Å². The van der Waals surface area contributed by atoms with Gasteiger partial charge in [-0.3, -0.25) is 9.59 Å². The number of rotatable bonds is 12. The number of hydrogen-bond donors (Lipinski definition) is 1. The number of ether oxygens (including phenoxy) is 4. The van der Waals surface area contributed by atoms with E-state index in [1.165, 1.54) is 13.0 Å². The third-order valence-electron chi connectivity index (χ3n) is 4.52. The van der Waals surface area contributed by atoms with Crippen molar-refractivity contribution in [2.24, 2.45) is 0 Å². The van der Waals surface area contributed by atoms with Crippen LogP contribution in [0.4, 0.5) is 5.69 Å². The molecule has 0 atom stereocenters. The summed E-state index contributed by atoms with van der Waals surface area (Å²) < 4.78 is 21.0. The molecule has 0 aliphatic rings. The first-order valence-corrected chi connectivity index (χ1v) is 12.7. The summed E-state index contributed by atoms with van der Waals surface area (Å²) in [5, 5.41) is 2.98. The van der Waals surface area contributed by atoms with Gasteiger partial charge in [-0.05, 0) is 80.6 Å². The standard InChI is InChI=1S/C26H29NO7.C3H4O.C2H6/c1-18(33-25(29)21-8-12-23(27-4)13-9-21)6-7-19(2)34-26(30)22-10-14-24(15-11-22)32-17-5-16-31-20(3)28;1-2-3-4;1-2/h6-15,27H,5,16-17H2,1-4H3;2-3H,1H2;1-2H3/b18-6+,19-7+;;. The van der Waals surface area contributed by atoms with Crippen LogP contribution in [-0.4, -0.2) is 44.5 Å². The highest BCUT2D eigenvalue weighted by molar-refractivity contribution is 5.91. The molecule has 0 saturated heterocycles. The number of carbonyl (C=O) groups is 4. The fourth-order valence-corrected chi connectivity index (χ4v) is 2.64. The SMILES string of the molecule is C=CC=O.CC.CNc1ccc(C(=O)O/C(C)=C/C=C(\C)OC(=O)c2ccc(OCCCOC(C)=O)cc2)cc1. The van der Waals surface area contributed by atoms with Gasteiger partial charge in [0.2, 0.25) is 0 Å². The Balaban J connectivity index is 0.00000232. The number of nitrogens with one attached hydrogen (secondary N) is 1. The molecule has 0 spiro atoms. The lowest BCUT2D eigenvalue weighted by Gasteiger charge is -2.08. The fourth-order valence-electron chi connectivity index (χ4n) is 2.64. The largest absolute Gasteiger partial charge is 0.493 e. The number of carbonyl (C=O) groups excluding carboxylic acids is 4. The second-order valence-corrected chi connectivity index (χ2v) is 7.60. The van der Waals surface area contributed by atoms with Crippen LogP contribution >= 0.6 is 0 Å². The van der Waals surface area contributed by atoms with Crippen LogP contribution < -0.4 is 10.1 Å². The number of allylic oxidation sites excluding steroid dienone is 5. The Morgan fingerprint density at radius 1 is 0.800 bits per heavy atom. The molecule has 0 unspecified atom stereocenters. The van der Waals surface area contributed by atoms with Gasteiger partial charge in [0, 0.05) is 26.1 Å². The molecule has 2 aromatic carbocycles. The summed E-state index contributed by atoms with van der Waals surface area (Å²) in [7, 11) is 1.80. The van der Waals surface area contributed by atoms with E-state index in [4.69, 9.17) is 23.7 Å². The average Bonchev–Trinajstić information content (AvgIpc) is 2.97. The molecule has 216 valence electrons. The Bertz CT molecular complexity index is 1130. The van der Waals surface area contributed by atoms with Crippen molar-refractivity contribution in [2.45, 2.75) is 41.0 Å². The smallest absolute Gasteiger partial charge is 0.343 e. The first kappa shape index (κ1) is 35.3. The minimum absolute atomic E-state index is 0.294. The first-order chi connectivity index (χ1) is 19.2. The first-order valence-electron chi connectivity index (χ1n) is 12.7. The highest BCUT2D eigenvalue weighted by Gasteiger charge is 2.10. The summed E-state index contributed by atoms with van der Waals surface area (Å²) in [6, 6.07) is 13.4. The summed E-state index contributed by atoms with van der Waals surface area (Å²) >= 11 is 0. The molecule has 0 amide bonds. The third-order valence-corrected chi connectivity index (χ3v) is 4.52. The molecule has 0 radical (unpaired) electrons. The fraction of sp³-hybridized carbons (Fsp3) is 0.290. The van der Waals surface area contributed by atoms with Crippen LogP contribution in [0.2, 0.25) is 0 Å². The lowest BCUT2D eigenvalue weighted by Crippen LogP contribution is -2.06. The quantitative estimate of drug-likeness (QED) is 0.0616. The van der Waals surface area contributed by atoms with Gasteiger partial charge in [-0.2, -0.15) is 0 Å². The Morgan fingerprint density at radius 2 is 1.25 bits per heavy atom. The highest BCUT2D eigenvalue weighted by Crippen LogP contribution is 2.15. The number of hydrogen-bond acceptors (Lipinski definition) is 9. The van der Waals surface area contributed by atoms with Crippen molar-refractivity contribution in [3.63, 3.8) is 0 Å². The molecular weight excluding hydrogens is 514 g/mol. The molecule has 40 heavy (non-hydrogen) atoms. The van der Waals surface area contributed by atoms with E-state index < -0.39 is 11.9 Å². The zero-order chi connectivity index (χ0) is 30.3. The van der Waals surface area contributed by atoms with Crippen LogP contribution in [0, 0.1) is 0 Å². The topological polar surface area (TPSA) is 117 Å². The van der Waals surface area contributed by atoms with Gasteiger partial charge in [0.25, 0.3) is 0 Å². The molecule has 0 aromatic heterocycles. The maximum absolute atomic E-state index is 12.3. The molecule has 0 aliphatic heterocycles. The van der Waals surface area contributed by atoms with E-state index in [1.807, 2.05) is 13.8 Å². The summed E-state index contributed by atoms with van der Waals surface area (Å²) in [5.74, 6) is -0.0454. The maximum Gasteiger partial charge on any atom is 0.343 e. The number of aldehydes is 1. The van der Waals surface area contributed by atoms with Gasteiger partial charge in [-0.25, -0.2) is 9.59 Å². The Kier molecular flexibility index (Phi) is 18.8. The Hall–Kier alpha value is -4.66. The van der Waals surface area contributed by atoms with E-state index in [0.717, 1.165) is 5.69 Å². The summed E-state index contributed by atoms with van der Waals surface area (Å²) in [6.07, 6.45) is 5.50. The molecule has 2 rings (SSSR count). The second kappa shape index (κ2) is 21.3. The molecule has 0 fully saturated rings. The lowest BCUT2D eigenvalue weighted by molar-refractivity contribution is -0.141. The van der Waals surface area contributed by atoms with Gasteiger partial charge in [0.15, 0.2) is 0 Å². The van der Waals surface area contributed by atoms with Gasteiger partial charge in [0.1, 0.15) is 23.6 Å². The minimum atomic E-state index is -0.525. The number of esters is 3. The van der Waals surface area contributed by atoms with Gasteiger partial charge < -0.3 is 24.3 Å². The van der Waals surface area contributed by atoms with Crippen LogP contribution in [0.3, 0.4) is 0 Å². The Labute approximate surface area is 236 Å². The van der Waals surface area contributed by atoms with E-state index >= 15 is 0 Å². The van der Waals surface area contributed by atoms with E-state index in [9.17, 15) is 14.4 Å². The van der Waals surface area contributed by atoms with Crippen molar-refractivity contribution in [1.82, 2.24) is 0 Å². The predicted molar refractivity (Wildman–Crippen MR) is 155 cm³/mol. The molecule has 2 aromatic rings. The van der Waals surface area contributed by atoms with Gasteiger partial charge in [0.05, 0.1) is 24.3 Å². The van der Waals surface area contributed by atoms with E-state index in [0.29, 0.717) is 54.3 Å². The minimum Gasteiger partial charge on any atom is -0.493 e. The van der Waals surface area contributed by atoms with Crippen molar-refractivity contribution >= 4 is 29.9 Å². The predicted octanol–water partition coefficient (Wildman–Crippen LogP) is 6.28. The van der Waals surface area contributed by atoms with E-state index in [1.54, 1.807) is 81.6 Å². The summed E-state index contributed by atoms with van der Waals surface area (Å²) in [4.78, 5) is 44.3. The molecule has 9 heteroatoms. The average molecular weight is 554 g/mol. The normalized spacial score (nSPS) is 10.3. The van der Waals surface area contributed by atoms with Gasteiger partial charge in [-0.15, -0.1) is 0 Å². The highest BCUT2D eigenvalue weighted by atomic mass is 16.5. The van der Waals surface area contributed by atoms with Crippen LogP contribution in [0.15, 0.2) is 84.9 Å². The number of benzene rings is 2. The molecule has 9 nitrogen and oxygen atoms in total. The van der Waals surface area contributed by atoms with Gasteiger partial charge >= 0.3 is 17.9 Å². The van der Waals surface area contributed by atoms with Crippen molar-refractivity contribution in [1.29, 1.82) is 0 Å². The molecule has 0 bridgehead atoms. The zero-order valence-corrected chi connectivity index (χ0v) is 24.0. The monoisotopic (exact) mass is 553 g/mol. The number of anilines is 1. The van der Waals surface area contributed by atoms with E-state index in [-0.39, 0.29) is 5.97 Å². The zero-order valence-electron chi connectivity index (χ0n) is 24.0. The van der Waals surface area contributed by atoms with Crippen molar-refractivity contribution < 1.29 is 38.1 Å². The summed E-state index contributed by atoms with van der Waals surface area (Å²) in [6.45, 7) is 12.4. The lowest BCUT2D eigenvalue weighted by atomic mass is 10.2. The maximum atomic E-state index is 12.3. The molecular formula is C31H39NO8. The third kappa shape index (κ3) is 15.6. The van der Waals surface area contributed by atoms with Crippen molar-refractivity contribution in [3.8, 4) is 5.75 Å². The summed E-state index contributed by atoms with van der Waals surface area (Å²) in [5.41, 5.74) is 1.68. The molecule has 0 heterocycles. The van der Waals surface area contributed by atoms with E-state index in [2.05, 4.69) is 11.9 Å². The van der Waals surface area contributed by atoms with Crippen LogP contribution in [0.1, 0.15) is 61.8 Å². The molecule has 1 N–H and O–H groups in total. The van der Waals surface area contributed by atoms with Crippen molar-refractivity contribution in [3.05, 3.63) is 96.0 Å². The van der Waals surface area contributed by atoms with Crippen LogP contribution in [0.5, 0.6) is 5.75 Å². The van der Waals surface area contributed by atoms with Crippen LogP contribution in [-0.2, 0) is 23.8 Å². The molecule has 0 saturated carbocycles. The molecule has 0 aliphatic carbocycles. The van der Waals surface area contributed by atoms with Crippen molar-refractivity contribution in [2.75, 3.05) is 25.6 Å². The van der Waals surface area contributed by atoms with Crippen LogP contribution in [0.25, 0.3) is 0 Å². The Morgan fingerprint density at radius 3 is 1.65 bits per heavy atom.